The van der Waals surface area contributed by atoms with Crippen LogP contribution in [0.3, 0.4) is 0 Å². The van der Waals surface area contributed by atoms with Crippen LogP contribution in [0.1, 0.15) is 38.0 Å². The summed E-state index contributed by atoms with van der Waals surface area (Å²) in [6, 6.07) is 2.72. The highest BCUT2D eigenvalue weighted by Gasteiger charge is 2.06. The minimum atomic E-state index is 0.666. The van der Waals surface area contributed by atoms with Gasteiger partial charge in [-0.3, -0.25) is 0 Å². The van der Waals surface area contributed by atoms with Crippen molar-refractivity contribution in [3.8, 4) is 0 Å². The first-order valence-corrected chi connectivity index (χ1v) is 6.62. The van der Waals surface area contributed by atoms with Crippen molar-refractivity contribution >= 4 is 0 Å². The van der Waals surface area contributed by atoms with Gasteiger partial charge in [-0.25, -0.2) is 0 Å². The summed E-state index contributed by atoms with van der Waals surface area (Å²) in [4.78, 5) is 2.33. The fraction of sp³-hybridized carbons (Fsp3) is 0.714. The first-order chi connectivity index (χ1) is 8.17. The highest BCUT2D eigenvalue weighted by atomic mass is 16.3. The molecule has 3 heteroatoms. The van der Waals surface area contributed by atoms with Crippen molar-refractivity contribution in [1.82, 2.24) is 10.2 Å². The van der Waals surface area contributed by atoms with Gasteiger partial charge in [0.1, 0.15) is 5.76 Å². The van der Waals surface area contributed by atoms with E-state index in [9.17, 15) is 0 Å². The second-order valence-corrected chi connectivity index (χ2v) is 4.71. The summed E-state index contributed by atoms with van der Waals surface area (Å²) in [5.41, 5.74) is 1.29. The Morgan fingerprint density at radius 2 is 2.06 bits per heavy atom. The topological polar surface area (TPSA) is 28.4 Å². The number of hydrogen-bond donors (Lipinski definition) is 1. The van der Waals surface area contributed by atoms with Crippen molar-refractivity contribution in [2.45, 2.75) is 46.2 Å². The van der Waals surface area contributed by atoms with Crippen LogP contribution >= 0.6 is 0 Å². The van der Waals surface area contributed by atoms with E-state index in [0.717, 1.165) is 25.4 Å². The zero-order valence-corrected chi connectivity index (χ0v) is 11.6. The normalized spacial score (nSPS) is 11.6. The molecule has 98 valence electrons. The number of nitrogens with zero attached hydrogens (tertiary/aromatic N) is 1. The lowest BCUT2D eigenvalue weighted by molar-refractivity contribution is 0.312. The van der Waals surface area contributed by atoms with Crippen molar-refractivity contribution < 1.29 is 4.42 Å². The Hall–Kier alpha value is -0.800. The first kappa shape index (κ1) is 14.3. The summed E-state index contributed by atoms with van der Waals surface area (Å²) < 4.78 is 5.30. The predicted molar refractivity (Wildman–Crippen MR) is 72.2 cm³/mol. The lowest BCUT2D eigenvalue weighted by atomic mass is 10.2. The van der Waals surface area contributed by atoms with Gasteiger partial charge in [0.05, 0.1) is 6.26 Å². The molecule has 1 rings (SSSR count). The van der Waals surface area contributed by atoms with Crippen molar-refractivity contribution in [2.75, 3.05) is 20.1 Å². The summed E-state index contributed by atoms with van der Waals surface area (Å²) >= 11 is 0. The van der Waals surface area contributed by atoms with E-state index in [1.807, 2.05) is 6.92 Å². The predicted octanol–water partition coefficient (Wildman–Crippen LogP) is 2.80. The Morgan fingerprint density at radius 1 is 1.35 bits per heavy atom. The van der Waals surface area contributed by atoms with Gasteiger partial charge < -0.3 is 14.6 Å². The van der Waals surface area contributed by atoms with E-state index in [1.165, 1.54) is 18.4 Å². The number of rotatable bonds is 8. The highest BCUT2D eigenvalue weighted by molar-refractivity contribution is 5.14. The van der Waals surface area contributed by atoms with Crippen molar-refractivity contribution in [3.63, 3.8) is 0 Å². The third-order valence-electron chi connectivity index (χ3n) is 3.32. The summed E-state index contributed by atoms with van der Waals surface area (Å²) in [5, 5.41) is 3.58. The molecule has 0 fully saturated rings. The van der Waals surface area contributed by atoms with Gasteiger partial charge in [0.2, 0.25) is 0 Å². The first-order valence-electron chi connectivity index (χ1n) is 6.62. The summed E-state index contributed by atoms with van der Waals surface area (Å²) in [6.45, 7) is 9.58. The molecule has 0 aromatic carbocycles. The third kappa shape index (κ3) is 4.92. The standard InChI is InChI=1S/C14H26N2O/c1-5-14(6-2)15-8-9-16(4)11-13-7-10-17-12(13)3/h7,10,14-15H,5-6,8-9,11H2,1-4H3. The summed E-state index contributed by atoms with van der Waals surface area (Å²) in [6.07, 6.45) is 4.18. The van der Waals surface area contributed by atoms with Crippen molar-refractivity contribution in [2.24, 2.45) is 0 Å². The van der Waals surface area contributed by atoms with E-state index >= 15 is 0 Å². The van der Waals surface area contributed by atoms with Crippen molar-refractivity contribution in [1.29, 1.82) is 0 Å². The zero-order chi connectivity index (χ0) is 12.7. The molecule has 0 saturated heterocycles. The third-order valence-corrected chi connectivity index (χ3v) is 3.32. The van der Waals surface area contributed by atoms with E-state index in [-0.39, 0.29) is 0 Å². The van der Waals surface area contributed by atoms with Gasteiger partial charge in [-0.05, 0) is 32.9 Å². The molecular weight excluding hydrogens is 212 g/mol. The number of likely N-dealkylation sites (N-methyl/N-ethyl adjacent to an activating group) is 1. The largest absolute Gasteiger partial charge is 0.469 e. The Labute approximate surface area is 105 Å². The van der Waals surface area contributed by atoms with Gasteiger partial charge in [0.25, 0.3) is 0 Å². The summed E-state index contributed by atoms with van der Waals surface area (Å²) in [5.74, 6) is 1.03. The second-order valence-electron chi connectivity index (χ2n) is 4.71. The monoisotopic (exact) mass is 238 g/mol. The number of hydrogen-bond acceptors (Lipinski definition) is 3. The molecule has 1 N–H and O–H groups in total. The average molecular weight is 238 g/mol. The van der Waals surface area contributed by atoms with Crippen LogP contribution in [0.5, 0.6) is 0 Å². The Balaban J connectivity index is 2.21. The molecule has 17 heavy (non-hydrogen) atoms. The Bertz CT molecular complexity index is 305. The van der Waals surface area contributed by atoms with E-state index < -0.39 is 0 Å². The van der Waals surface area contributed by atoms with Gasteiger partial charge >= 0.3 is 0 Å². The Morgan fingerprint density at radius 3 is 2.59 bits per heavy atom. The van der Waals surface area contributed by atoms with Gasteiger partial charge in [0, 0.05) is 31.2 Å². The van der Waals surface area contributed by atoms with E-state index in [4.69, 9.17) is 4.42 Å². The van der Waals surface area contributed by atoms with Crippen LogP contribution in [0, 0.1) is 6.92 Å². The van der Waals surface area contributed by atoms with Gasteiger partial charge in [0.15, 0.2) is 0 Å². The second kappa shape index (κ2) is 7.51. The molecule has 0 atom stereocenters. The number of aryl methyl sites for hydroxylation is 1. The van der Waals surface area contributed by atoms with Crippen LogP contribution in [0.15, 0.2) is 16.7 Å². The van der Waals surface area contributed by atoms with E-state index in [2.05, 4.69) is 37.2 Å². The molecule has 0 unspecified atom stereocenters. The molecule has 0 saturated carbocycles. The molecule has 0 aliphatic carbocycles. The molecule has 0 radical (unpaired) electrons. The average Bonchev–Trinajstić information content (AvgIpc) is 2.71. The zero-order valence-electron chi connectivity index (χ0n) is 11.6. The van der Waals surface area contributed by atoms with Crippen molar-refractivity contribution in [3.05, 3.63) is 23.7 Å². The molecule has 0 bridgehead atoms. The number of furan rings is 1. The van der Waals surface area contributed by atoms with Crippen LogP contribution in [0.4, 0.5) is 0 Å². The van der Waals surface area contributed by atoms with Crippen LogP contribution in [0.25, 0.3) is 0 Å². The number of nitrogens with one attached hydrogen (secondary N) is 1. The lowest BCUT2D eigenvalue weighted by Gasteiger charge is -2.19. The molecule has 0 amide bonds. The van der Waals surface area contributed by atoms with Gasteiger partial charge in [-0.15, -0.1) is 0 Å². The van der Waals surface area contributed by atoms with Crippen LogP contribution in [0.2, 0.25) is 0 Å². The fourth-order valence-corrected chi connectivity index (χ4v) is 1.98. The minimum Gasteiger partial charge on any atom is -0.469 e. The molecule has 3 nitrogen and oxygen atoms in total. The minimum absolute atomic E-state index is 0.666. The van der Waals surface area contributed by atoms with Crippen LogP contribution in [-0.4, -0.2) is 31.1 Å². The molecule has 0 aliphatic rings. The SMILES string of the molecule is CCC(CC)NCCN(C)Cc1ccoc1C. The Kier molecular flexibility index (Phi) is 6.30. The maximum absolute atomic E-state index is 5.30. The molecular formula is C14H26N2O. The lowest BCUT2D eigenvalue weighted by Crippen LogP contribution is -2.35. The highest BCUT2D eigenvalue weighted by Crippen LogP contribution is 2.10. The fourth-order valence-electron chi connectivity index (χ4n) is 1.98. The molecule has 1 aromatic heterocycles. The molecule has 1 aromatic rings. The summed E-state index contributed by atoms with van der Waals surface area (Å²) in [7, 11) is 2.15. The molecule has 1 heterocycles. The van der Waals surface area contributed by atoms with Crippen LogP contribution in [-0.2, 0) is 6.54 Å². The van der Waals surface area contributed by atoms with E-state index in [0.29, 0.717) is 6.04 Å². The van der Waals surface area contributed by atoms with Gasteiger partial charge in [-0.1, -0.05) is 13.8 Å². The maximum atomic E-state index is 5.30. The smallest absolute Gasteiger partial charge is 0.105 e. The maximum Gasteiger partial charge on any atom is 0.105 e. The molecule has 0 spiro atoms. The van der Waals surface area contributed by atoms with Gasteiger partial charge in [-0.2, -0.15) is 0 Å². The van der Waals surface area contributed by atoms with Crippen LogP contribution < -0.4 is 5.32 Å². The van der Waals surface area contributed by atoms with E-state index in [1.54, 1.807) is 6.26 Å². The molecule has 0 aliphatic heterocycles. The quantitative estimate of drug-likeness (QED) is 0.755.